The van der Waals surface area contributed by atoms with Crippen LogP contribution in [0.1, 0.15) is 42.1 Å². The van der Waals surface area contributed by atoms with Crippen molar-refractivity contribution in [3.63, 3.8) is 0 Å². The molecule has 5 nitrogen and oxygen atoms in total. The van der Waals surface area contributed by atoms with Crippen LogP contribution in [0.3, 0.4) is 0 Å². The van der Waals surface area contributed by atoms with Crippen molar-refractivity contribution in [1.29, 1.82) is 0 Å². The minimum atomic E-state index is -5.08. The first-order valence-corrected chi connectivity index (χ1v) is 11.0. The second kappa shape index (κ2) is 12.6. The largest absolute Gasteiger partial charge is 0.494 e. The summed E-state index contributed by atoms with van der Waals surface area (Å²) in [6.07, 6.45) is -2.24. The van der Waals surface area contributed by atoms with Crippen molar-refractivity contribution in [2.45, 2.75) is 45.4 Å². The van der Waals surface area contributed by atoms with E-state index in [1.165, 1.54) is 11.1 Å². The van der Waals surface area contributed by atoms with E-state index in [2.05, 4.69) is 36.9 Å². The molecule has 2 aromatic carbocycles. The Morgan fingerprint density at radius 3 is 2.15 bits per heavy atom. The van der Waals surface area contributed by atoms with Gasteiger partial charge in [0.25, 0.3) is 0 Å². The number of aliphatic carboxylic acids is 1. The fraction of sp³-hybridized carbons (Fsp3) is 0.480. The minimum absolute atomic E-state index is 0.328. The maximum Gasteiger partial charge on any atom is 0.490 e. The van der Waals surface area contributed by atoms with Crippen LogP contribution in [0, 0.1) is 19.8 Å². The number of benzene rings is 2. The van der Waals surface area contributed by atoms with Crippen LogP contribution in [0.2, 0.25) is 0 Å². The topological polar surface area (TPSA) is 70.0 Å². The van der Waals surface area contributed by atoms with Crippen LogP contribution >= 0.6 is 0 Å². The average molecular weight is 468 g/mol. The molecule has 0 radical (unpaired) electrons. The number of ether oxygens (including phenoxy) is 1. The Hall–Kier alpha value is -2.58. The zero-order valence-corrected chi connectivity index (χ0v) is 19.0. The molecule has 2 aromatic rings. The standard InChI is InChI=1S/C23H31NO2.C2HF3O2/c1-18-15-19(2)17-22(16-18)26-14-6-11-24-12-9-21(10-13-24)23(25)20-7-4-3-5-8-20;3-2(4,5)1(6)7/h3-5,7-8,15-17,21,23,25H,6,9-14H2,1-2H3;(H,6,7). The molecule has 33 heavy (non-hydrogen) atoms. The lowest BCUT2D eigenvalue weighted by atomic mass is 9.87. The van der Waals surface area contributed by atoms with Crippen LogP contribution in [0.5, 0.6) is 5.75 Å². The molecule has 1 heterocycles. The van der Waals surface area contributed by atoms with E-state index in [-0.39, 0.29) is 6.10 Å². The summed E-state index contributed by atoms with van der Waals surface area (Å²) >= 11 is 0. The predicted molar refractivity (Wildman–Crippen MR) is 120 cm³/mol. The highest BCUT2D eigenvalue weighted by atomic mass is 19.4. The Morgan fingerprint density at radius 1 is 1.09 bits per heavy atom. The third kappa shape index (κ3) is 9.43. The maximum absolute atomic E-state index is 10.6. The van der Waals surface area contributed by atoms with Gasteiger partial charge in [-0.3, -0.25) is 0 Å². The molecule has 1 aliphatic rings. The van der Waals surface area contributed by atoms with Crippen LogP contribution < -0.4 is 4.74 Å². The number of hydrogen-bond acceptors (Lipinski definition) is 4. The van der Waals surface area contributed by atoms with Gasteiger partial charge < -0.3 is 19.8 Å². The first-order chi connectivity index (χ1) is 15.6. The Bertz CT molecular complexity index is 845. The van der Waals surface area contributed by atoms with E-state index in [9.17, 15) is 18.3 Å². The second-order valence-corrected chi connectivity index (χ2v) is 8.36. The van der Waals surface area contributed by atoms with Crippen LogP contribution in [-0.4, -0.2) is 53.5 Å². The van der Waals surface area contributed by atoms with Crippen molar-refractivity contribution < 1.29 is 32.9 Å². The summed E-state index contributed by atoms with van der Waals surface area (Å²) in [6, 6.07) is 16.4. The number of halogens is 3. The fourth-order valence-electron chi connectivity index (χ4n) is 3.91. The first-order valence-electron chi connectivity index (χ1n) is 11.0. The number of carbonyl (C=O) groups is 1. The minimum Gasteiger partial charge on any atom is -0.494 e. The molecule has 0 bridgehead atoms. The molecule has 1 unspecified atom stereocenters. The summed E-state index contributed by atoms with van der Waals surface area (Å²) in [4.78, 5) is 11.4. The SMILES string of the molecule is Cc1cc(C)cc(OCCCN2CCC(C(O)c3ccccc3)CC2)c1.O=C(O)C(F)(F)F. The smallest absolute Gasteiger partial charge is 0.490 e. The molecule has 1 aliphatic heterocycles. The first kappa shape index (κ1) is 26.7. The normalized spacial score (nSPS) is 15.9. The monoisotopic (exact) mass is 467 g/mol. The van der Waals surface area contributed by atoms with Crippen molar-refractivity contribution in [3.8, 4) is 5.75 Å². The fourth-order valence-corrected chi connectivity index (χ4v) is 3.91. The van der Waals surface area contributed by atoms with Crippen molar-refractivity contribution in [2.24, 2.45) is 5.92 Å². The number of aryl methyl sites for hydroxylation is 2. The van der Waals surface area contributed by atoms with E-state index in [0.717, 1.165) is 56.8 Å². The van der Waals surface area contributed by atoms with Gasteiger partial charge in [0.2, 0.25) is 0 Å². The van der Waals surface area contributed by atoms with Crippen LogP contribution in [0.4, 0.5) is 13.2 Å². The number of nitrogens with zero attached hydrogens (tertiary/aromatic N) is 1. The second-order valence-electron chi connectivity index (χ2n) is 8.36. The molecule has 1 saturated heterocycles. The van der Waals surface area contributed by atoms with Gasteiger partial charge in [-0.25, -0.2) is 4.79 Å². The summed E-state index contributed by atoms with van der Waals surface area (Å²) in [5.41, 5.74) is 3.55. The van der Waals surface area contributed by atoms with Gasteiger partial charge in [-0.05, 0) is 80.9 Å². The highest BCUT2D eigenvalue weighted by Crippen LogP contribution is 2.30. The van der Waals surface area contributed by atoms with E-state index in [1.807, 2.05) is 30.3 Å². The number of aliphatic hydroxyl groups is 1. The molecule has 1 atom stereocenters. The molecule has 0 spiro atoms. The van der Waals surface area contributed by atoms with Crippen molar-refractivity contribution in [3.05, 3.63) is 65.2 Å². The van der Waals surface area contributed by atoms with Gasteiger partial charge in [-0.2, -0.15) is 13.2 Å². The maximum atomic E-state index is 10.6. The molecule has 182 valence electrons. The molecular formula is C25H32F3NO4. The molecule has 0 amide bonds. The van der Waals surface area contributed by atoms with Gasteiger partial charge in [0.05, 0.1) is 12.7 Å². The molecular weight excluding hydrogens is 435 g/mol. The highest BCUT2D eigenvalue weighted by Gasteiger charge is 2.38. The number of carboxylic acid groups (broad SMARTS) is 1. The van der Waals surface area contributed by atoms with E-state index in [0.29, 0.717) is 5.92 Å². The lowest BCUT2D eigenvalue weighted by molar-refractivity contribution is -0.192. The van der Waals surface area contributed by atoms with Crippen molar-refractivity contribution >= 4 is 5.97 Å². The van der Waals surface area contributed by atoms with Crippen molar-refractivity contribution in [1.82, 2.24) is 4.90 Å². The molecule has 3 rings (SSSR count). The molecule has 2 N–H and O–H groups in total. The van der Waals surface area contributed by atoms with E-state index >= 15 is 0 Å². The van der Waals surface area contributed by atoms with Gasteiger partial charge in [0, 0.05) is 6.54 Å². The number of aliphatic hydroxyl groups excluding tert-OH is 1. The summed E-state index contributed by atoms with van der Waals surface area (Å²) in [6.45, 7) is 8.17. The third-order valence-corrected chi connectivity index (χ3v) is 5.54. The third-order valence-electron chi connectivity index (χ3n) is 5.54. The van der Waals surface area contributed by atoms with Crippen LogP contribution in [-0.2, 0) is 4.79 Å². The molecule has 0 aromatic heterocycles. The van der Waals surface area contributed by atoms with Gasteiger partial charge in [0.1, 0.15) is 5.75 Å². The highest BCUT2D eigenvalue weighted by molar-refractivity contribution is 5.73. The number of rotatable bonds is 7. The predicted octanol–water partition coefficient (Wildman–Crippen LogP) is 5.15. The quantitative estimate of drug-likeness (QED) is 0.551. The molecule has 0 aliphatic carbocycles. The zero-order chi connectivity index (χ0) is 24.4. The molecule has 0 saturated carbocycles. The van der Waals surface area contributed by atoms with Crippen LogP contribution in [0.15, 0.2) is 48.5 Å². The number of alkyl halides is 3. The summed E-state index contributed by atoms with van der Waals surface area (Å²) < 4.78 is 37.6. The molecule has 8 heteroatoms. The Balaban J connectivity index is 0.000000479. The van der Waals surface area contributed by atoms with Gasteiger partial charge in [-0.15, -0.1) is 0 Å². The van der Waals surface area contributed by atoms with Gasteiger partial charge in [-0.1, -0.05) is 36.4 Å². The summed E-state index contributed by atoms with van der Waals surface area (Å²) in [5, 5.41) is 17.7. The lowest BCUT2D eigenvalue weighted by Crippen LogP contribution is -2.36. The lowest BCUT2D eigenvalue weighted by Gasteiger charge is -2.34. The summed E-state index contributed by atoms with van der Waals surface area (Å²) in [7, 11) is 0. The van der Waals surface area contributed by atoms with E-state index in [4.69, 9.17) is 14.6 Å². The van der Waals surface area contributed by atoms with E-state index < -0.39 is 12.1 Å². The number of likely N-dealkylation sites (tertiary alicyclic amines) is 1. The van der Waals surface area contributed by atoms with Gasteiger partial charge in [0.15, 0.2) is 0 Å². The zero-order valence-electron chi connectivity index (χ0n) is 19.0. The Morgan fingerprint density at radius 2 is 1.64 bits per heavy atom. The Kier molecular flexibility index (Phi) is 10.2. The average Bonchev–Trinajstić information content (AvgIpc) is 2.76. The number of hydrogen-bond donors (Lipinski definition) is 2. The number of carboxylic acids is 1. The Labute approximate surface area is 192 Å². The number of piperidine rings is 1. The summed E-state index contributed by atoms with van der Waals surface area (Å²) in [5.74, 6) is -1.40. The van der Waals surface area contributed by atoms with E-state index in [1.54, 1.807) is 0 Å². The van der Waals surface area contributed by atoms with Crippen LogP contribution in [0.25, 0.3) is 0 Å². The van der Waals surface area contributed by atoms with Gasteiger partial charge >= 0.3 is 12.1 Å². The molecule has 1 fully saturated rings. The van der Waals surface area contributed by atoms with Crippen molar-refractivity contribution in [2.75, 3.05) is 26.2 Å².